The summed E-state index contributed by atoms with van der Waals surface area (Å²) in [5.74, 6) is -0.423. The molecule has 26 heavy (non-hydrogen) atoms. The van der Waals surface area contributed by atoms with Crippen LogP contribution in [0.3, 0.4) is 0 Å². The van der Waals surface area contributed by atoms with Crippen molar-refractivity contribution in [1.29, 1.82) is 0 Å². The quantitative estimate of drug-likeness (QED) is 0.667. The summed E-state index contributed by atoms with van der Waals surface area (Å²) in [6.45, 7) is 0.511. The Kier molecular flexibility index (Phi) is 4.52. The highest BCUT2D eigenvalue weighted by Gasteiger charge is 2.41. The predicted molar refractivity (Wildman–Crippen MR) is 99.5 cm³/mol. The summed E-state index contributed by atoms with van der Waals surface area (Å²) in [6, 6.07) is 19.9. The van der Waals surface area contributed by atoms with Crippen molar-refractivity contribution >= 4 is 17.5 Å². The van der Waals surface area contributed by atoms with Crippen LogP contribution in [0.15, 0.2) is 65.8 Å². The third-order valence-corrected chi connectivity index (χ3v) is 4.89. The number of benzene rings is 2. The first-order chi connectivity index (χ1) is 12.7. The number of likely N-dealkylation sites (tertiary alicyclic amines) is 1. The molecule has 0 radical (unpaired) electrons. The zero-order valence-electron chi connectivity index (χ0n) is 14.5. The number of nitrogens with zero attached hydrogens (tertiary/aromatic N) is 2. The summed E-state index contributed by atoms with van der Waals surface area (Å²) < 4.78 is 0. The summed E-state index contributed by atoms with van der Waals surface area (Å²) in [7, 11) is 0. The van der Waals surface area contributed by atoms with E-state index in [4.69, 9.17) is 0 Å². The fraction of sp³-hybridized carbons (Fsp3) is 0.286. The Morgan fingerprint density at radius 2 is 1.54 bits per heavy atom. The van der Waals surface area contributed by atoms with E-state index in [-0.39, 0.29) is 24.2 Å². The first-order valence-corrected chi connectivity index (χ1v) is 9.00. The van der Waals surface area contributed by atoms with Crippen molar-refractivity contribution in [2.45, 2.75) is 25.3 Å². The molecular weight excluding hydrogens is 326 g/mol. The van der Waals surface area contributed by atoms with E-state index in [1.54, 1.807) is 0 Å². The van der Waals surface area contributed by atoms with Crippen LogP contribution in [0, 0.1) is 5.92 Å². The molecule has 1 N–H and O–H groups in total. The number of rotatable bonds is 5. The second-order valence-corrected chi connectivity index (χ2v) is 6.85. The molecule has 1 heterocycles. The minimum Gasteiger partial charge on any atom is -0.339 e. The van der Waals surface area contributed by atoms with E-state index in [1.165, 1.54) is 0 Å². The van der Waals surface area contributed by atoms with Gasteiger partial charge in [0.1, 0.15) is 0 Å². The van der Waals surface area contributed by atoms with Crippen molar-refractivity contribution in [2.75, 3.05) is 6.54 Å². The first-order valence-electron chi connectivity index (χ1n) is 9.00. The average molecular weight is 347 g/mol. The normalized spacial score (nSPS) is 19.3. The fourth-order valence-corrected chi connectivity index (χ4v) is 3.34. The van der Waals surface area contributed by atoms with Crippen molar-refractivity contribution < 1.29 is 9.59 Å². The number of carbonyl (C=O) groups is 2. The van der Waals surface area contributed by atoms with Crippen LogP contribution >= 0.6 is 0 Å². The van der Waals surface area contributed by atoms with Gasteiger partial charge in [-0.25, -0.2) is 5.43 Å². The van der Waals surface area contributed by atoms with Gasteiger partial charge in [0.05, 0.1) is 11.6 Å². The van der Waals surface area contributed by atoms with Gasteiger partial charge in [-0.05, 0) is 12.8 Å². The number of hydrazone groups is 1. The Morgan fingerprint density at radius 3 is 2.08 bits per heavy atom. The number of hydrogen-bond acceptors (Lipinski definition) is 3. The molecule has 2 amide bonds. The molecule has 0 aromatic heterocycles. The number of nitrogens with one attached hydrogen (secondary N) is 1. The molecule has 2 fully saturated rings. The summed E-state index contributed by atoms with van der Waals surface area (Å²) >= 11 is 0. The highest BCUT2D eigenvalue weighted by molar-refractivity contribution is 6.13. The van der Waals surface area contributed by atoms with Gasteiger partial charge in [-0.15, -0.1) is 0 Å². The largest absolute Gasteiger partial charge is 0.339 e. The van der Waals surface area contributed by atoms with Crippen LogP contribution in [0.1, 0.15) is 30.4 Å². The minimum absolute atomic E-state index is 0.0861. The smallest absolute Gasteiger partial charge is 0.245 e. The SMILES string of the molecule is O=C(NN=C(c1ccccc1)c1ccccc1)[C@H]1CC(=O)N(C2CC2)C1. The molecule has 5 heteroatoms. The van der Waals surface area contributed by atoms with E-state index in [0.29, 0.717) is 18.3 Å². The summed E-state index contributed by atoms with van der Waals surface area (Å²) in [5, 5.41) is 4.41. The molecule has 1 saturated carbocycles. The van der Waals surface area contributed by atoms with E-state index in [2.05, 4.69) is 10.5 Å². The van der Waals surface area contributed by atoms with Gasteiger partial charge >= 0.3 is 0 Å². The lowest BCUT2D eigenvalue weighted by Gasteiger charge is -2.15. The van der Waals surface area contributed by atoms with Crippen LogP contribution in [0.2, 0.25) is 0 Å². The number of amides is 2. The maximum absolute atomic E-state index is 12.5. The molecule has 2 aromatic carbocycles. The Morgan fingerprint density at radius 1 is 0.962 bits per heavy atom. The van der Waals surface area contributed by atoms with Crippen LogP contribution in [0.25, 0.3) is 0 Å². The average Bonchev–Trinajstić information content (AvgIpc) is 3.45. The monoisotopic (exact) mass is 347 g/mol. The molecule has 0 spiro atoms. The van der Waals surface area contributed by atoms with Crippen LogP contribution in [0.5, 0.6) is 0 Å². The first kappa shape index (κ1) is 16.5. The topological polar surface area (TPSA) is 61.8 Å². The second-order valence-electron chi connectivity index (χ2n) is 6.85. The van der Waals surface area contributed by atoms with Crippen molar-refractivity contribution in [3.8, 4) is 0 Å². The van der Waals surface area contributed by atoms with Gasteiger partial charge in [-0.3, -0.25) is 9.59 Å². The van der Waals surface area contributed by atoms with E-state index < -0.39 is 0 Å². The lowest BCUT2D eigenvalue weighted by molar-refractivity contribution is -0.129. The molecule has 1 aliphatic carbocycles. The molecule has 5 nitrogen and oxygen atoms in total. The molecule has 1 atom stereocenters. The molecule has 0 bridgehead atoms. The Balaban J connectivity index is 1.52. The molecule has 4 rings (SSSR count). The molecule has 1 aliphatic heterocycles. The number of carbonyl (C=O) groups excluding carboxylic acids is 2. The van der Waals surface area contributed by atoms with Gasteiger partial charge in [-0.2, -0.15) is 5.10 Å². The lowest BCUT2D eigenvalue weighted by atomic mass is 10.0. The van der Waals surface area contributed by atoms with Crippen molar-refractivity contribution in [3.05, 3.63) is 71.8 Å². The van der Waals surface area contributed by atoms with Gasteiger partial charge < -0.3 is 4.90 Å². The second kappa shape index (κ2) is 7.12. The van der Waals surface area contributed by atoms with Crippen molar-refractivity contribution in [2.24, 2.45) is 11.0 Å². The standard InChI is InChI=1S/C21H21N3O2/c25-19-13-17(14-24(19)18-11-12-18)21(26)23-22-20(15-7-3-1-4-8-15)16-9-5-2-6-10-16/h1-10,17-18H,11-14H2,(H,23,26)/t17-/m0/s1. The molecule has 132 valence electrons. The minimum atomic E-state index is -0.320. The summed E-state index contributed by atoms with van der Waals surface area (Å²) in [6.07, 6.45) is 2.40. The third-order valence-electron chi connectivity index (χ3n) is 4.89. The molecular formula is C21H21N3O2. The van der Waals surface area contributed by atoms with Gasteiger partial charge in [-0.1, -0.05) is 60.7 Å². The fourth-order valence-electron chi connectivity index (χ4n) is 3.34. The van der Waals surface area contributed by atoms with E-state index >= 15 is 0 Å². The Labute approximate surface area is 152 Å². The zero-order chi connectivity index (χ0) is 17.9. The van der Waals surface area contributed by atoms with E-state index in [1.807, 2.05) is 65.6 Å². The summed E-state index contributed by atoms with van der Waals surface area (Å²) in [5.41, 5.74) is 5.27. The van der Waals surface area contributed by atoms with Gasteiger partial charge in [0.2, 0.25) is 11.8 Å². The predicted octanol–water partition coefficient (Wildman–Crippen LogP) is 2.57. The Hall–Kier alpha value is -2.95. The van der Waals surface area contributed by atoms with E-state index in [0.717, 1.165) is 24.0 Å². The summed E-state index contributed by atoms with van der Waals surface area (Å²) in [4.78, 5) is 26.5. The van der Waals surface area contributed by atoms with Gasteiger partial charge in [0.25, 0.3) is 0 Å². The maximum Gasteiger partial charge on any atom is 0.245 e. The van der Waals surface area contributed by atoms with Crippen molar-refractivity contribution in [3.63, 3.8) is 0 Å². The molecule has 1 saturated heterocycles. The van der Waals surface area contributed by atoms with Crippen molar-refractivity contribution in [1.82, 2.24) is 10.3 Å². The third kappa shape index (κ3) is 3.52. The molecule has 2 aliphatic rings. The van der Waals surface area contributed by atoms with Crippen LogP contribution in [-0.4, -0.2) is 35.0 Å². The highest BCUT2D eigenvalue weighted by Crippen LogP contribution is 2.32. The highest BCUT2D eigenvalue weighted by atomic mass is 16.2. The Bertz CT molecular complexity index is 787. The van der Waals surface area contributed by atoms with Crippen LogP contribution in [-0.2, 0) is 9.59 Å². The lowest BCUT2D eigenvalue weighted by Crippen LogP contribution is -2.32. The van der Waals surface area contributed by atoms with Gasteiger partial charge in [0, 0.05) is 30.1 Å². The van der Waals surface area contributed by atoms with Crippen LogP contribution in [0.4, 0.5) is 0 Å². The maximum atomic E-state index is 12.5. The number of hydrogen-bond donors (Lipinski definition) is 1. The molecule has 2 aromatic rings. The zero-order valence-corrected chi connectivity index (χ0v) is 14.5. The van der Waals surface area contributed by atoms with Gasteiger partial charge in [0.15, 0.2) is 0 Å². The molecule has 0 unspecified atom stereocenters. The van der Waals surface area contributed by atoms with Crippen LogP contribution < -0.4 is 5.43 Å². The van der Waals surface area contributed by atoms with E-state index in [9.17, 15) is 9.59 Å².